The van der Waals surface area contributed by atoms with Crippen LogP contribution in [0.1, 0.15) is 11.1 Å². The second-order valence-electron chi connectivity index (χ2n) is 2.26. The molecule has 0 saturated heterocycles. The molecule has 0 amide bonds. The van der Waals surface area contributed by atoms with Crippen LogP contribution in [0.15, 0.2) is 24.3 Å². The summed E-state index contributed by atoms with van der Waals surface area (Å²) >= 11 is -2.06. The smallest absolute Gasteiger partial charge is 0.772 e. The third kappa shape index (κ3) is 4.55. The first-order chi connectivity index (χ1) is 5.72. The Morgan fingerprint density at radius 1 is 1.38 bits per heavy atom. The predicted molar refractivity (Wildman–Crippen MR) is 43.8 cm³/mol. The van der Waals surface area contributed by atoms with Gasteiger partial charge < -0.3 is 4.55 Å². The third-order valence-electron chi connectivity index (χ3n) is 1.37. The largest absolute Gasteiger partial charge is 1.00 e. The normalized spacial score (nSPS) is 11.1. The van der Waals surface area contributed by atoms with Gasteiger partial charge in [-0.05, 0) is 17.7 Å². The van der Waals surface area contributed by atoms with Gasteiger partial charge in [-0.15, -0.1) is 0 Å². The summed E-state index contributed by atoms with van der Waals surface area (Å²) in [6.07, 6.45) is 0. The number of hydrogen-bond donors (Lipinski definition) is 0. The van der Waals surface area contributed by atoms with E-state index in [-0.39, 0.29) is 35.3 Å². The molecule has 0 saturated carbocycles. The molecule has 0 aliphatic carbocycles. The fraction of sp³-hybridized carbons (Fsp3) is 0.125. The van der Waals surface area contributed by atoms with Crippen molar-refractivity contribution in [2.45, 2.75) is 5.75 Å². The van der Waals surface area contributed by atoms with Gasteiger partial charge in [-0.1, -0.05) is 23.2 Å². The zero-order chi connectivity index (χ0) is 8.97. The predicted octanol–water partition coefficient (Wildman–Crippen LogP) is -2.06. The summed E-state index contributed by atoms with van der Waals surface area (Å²) in [7, 11) is 0. The molecule has 13 heavy (non-hydrogen) atoms. The first-order valence-electron chi connectivity index (χ1n) is 3.27. The van der Waals surface area contributed by atoms with Crippen molar-refractivity contribution in [2.24, 2.45) is 0 Å². The van der Waals surface area contributed by atoms with Gasteiger partial charge in [0, 0.05) is 5.75 Å². The molecule has 0 radical (unpaired) electrons. The van der Waals surface area contributed by atoms with Crippen molar-refractivity contribution in [1.82, 2.24) is 0 Å². The average Bonchev–Trinajstić information content (AvgIpc) is 2.05. The van der Waals surface area contributed by atoms with E-state index in [1.165, 1.54) is 0 Å². The van der Waals surface area contributed by atoms with Crippen molar-refractivity contribution >= 4 is 11.1 Å². The second kappa shape index (κ2) is 6.30. The zero-order valence-electron chi connectivity index (χ0n) is 7.19. The molecule has 0 N–H and O–H groups in total. The van der Waals surface area contributed by atoms with E-state index < -0.39 is 11.1 Å². The summed E-state index contributed by atoms with van der Waals surface area (Å²) in [4.78, 5) is 0. The Labute approximate surface area is 101 Å². The van der Waals surface area contributed by atoms with Crippen LogP contribution in [-0.2, 0) is 16.8 Å². The van der Waals surface area contributed by atoms with Crippen LogP contribution in [0.5, 0.6) is 0 Å². The van der Waals surface area contributed by atoms with Crippen molar-refractivity contribution in [2.75, 3.05) is 0 Å². The molecule has 62 valence electrons. The Kier molecular flexibility index (Phi) is 6.21. The molecule has 5 heteroatoms. The van der Waals surface area contributed by atoms with Crippen molar-refractivity contribution in [1.29, 1.82) is 5.26 Å². The van der Waals surface area contributed by atoms with Crippen LogP contribution in [0, 0.1) is 11.3 Å². The average molecular weight is 203 g/mol. The van der Waals surface area contributed by atoms with Gasteiger partial charge in [-0.2, -0.15) is 5.26 Å². The van der Waals surface area contributed by atoms with Gasteiger partial charge in [-0.3, -0.25) is 4.21 Å². The van der Waals surface area contributed by atoms with Crippen LogP contribution >= 0.6 is 0 Å². The molecular weight excluding hydrogens is 197 g/mol. The number of benzene rings is 1. The Morgan fingerprint density at radius 2 is 1.92 bits per heavy atom. The molecule has 0 fully saturated rings. The summed E-state index contributed by atoms with van der Waals surface area (Å²) in [5.41, 5.74) is 1.23. The zero-order valence-corrected chi connectivity index (χ0v) is 10.0. The van der Waals surface area contributed by atoms with Gasteiger partial charge in [-0.25, -0.2) is 0 Å². The van der Waals surface area contributed by atoms with Crippen LogP contribution < -0.4 is 29.6 Å². The molecule has 1 rings (SSSR count). The molecule has 0 heterocycles. The summed E-state index contributed by atoms with van der Waals surface area (Å²) in [6, 6.07) is 8.42. The monoisotopic (exact) mass is 203 g/mol. The van der Waals surface area contributed by atoms with Crippen molar-refractivity contribution < 1.29 is 38.3 Å². The molecule has 1 unspecified atom stereocenters. The van der Waals surface area contributed by atoms with Crippen molar-refractivity contribution in [3.05, 3.63) is 35.4 Å². The first kappa shape index (κ1) is 12.8. The van der Waals surface area contributed by atoms with Gasteiger partial charge in [0.2, 0.25) is 0 Å². The minimum absolute atomic E-state index is 0. The molecule has 1 aromatic rings. The molecule has 1 aromatic carbocycles. The van der Waals surface area contributed by atoms with E-state index in [0.29, 0.717) is 11.1 Å². The molecule has 0 aliphatic rings. The van der Waals surface area contributed by atoms with Gasteiger partial charge in [0.1, 0.15) is 0 Å². The quantitative estimate of drug-likeness (QED) is 0.410. The summed E-state index contributed by atoms with van der Waals surface area (Å²) in [5.74, 6) is 0.00566. The SMILES string of the molecule is N#Cc1ccc(CS(=O)[O-])cc1.[Na+]. The first-order valence-corrected chi connectivity index (χ1v) is 4.51. The molecule has 1 atom stereocenters. The van der Waals surface area contributed by atoms with Crippen LogP contribution in [0.4, 0.5) is 0 Å². The molecule has 3 nitrogen and oxygen atoms in total. The van der Waals surface area contributed by atoms with Gasteiger partial charge in [0.25, 0.3) is 0 Å². The van der Waals surface area contributed by atoms with Crippen LogP contribution in [0.2, 0.25) is 0 Å². The Hall–Kier alpha value is -0.180. The summed E-state index contributed by atoms with van der Waals surface area (Å²) < 4.78 is 20.5. The Balaban J connectivity index is 0.00000144. The topological polar surface area (TPSA) is 63.9 Å². The Morgan fingerprint density at radius 3 is 2.31 bits per heavy atom. The number of rotatable bonds is 2. The van der Waals surface area contributed by atoms with Gasteiger partial charge >= 0.3 is 29.6 Å². The fourth-order valence-electron chi connectivity index (χ4n) is 0.812. The van der Waals surface area contributed by atoms with Crippen LogP contribution in [0.25, 0.3) is 0 Å². The summed E-state index contributed by atoms with van der Waals surface area (Å²) in [5, 5.41) is 8.44. The van der Waals surface area contributed by atoms with Gasteiger partial charge in [0.05, 0.1) is 11.6 Å². The molecule has 0 bridgehead atoms. The van der Waals surface area contributed by atoms with E-state index in [4.69, 9.17) is 5.26 Å². The van der Waals surface area contributed by atoms with E-state index in [0.717, 1.165) is 0 Å². The second-order valence-corrected chi connectivity index (χ2v) is 3.15. The minimum Gasteiger partial charge on any atom is -0.772 e. The van der Waals surface area contributed by atoms with E-state index >= 15 is 0 Å². The number of nitriles is 1. The van der Waals surface area contributed by atoms with E-state index in [9.17, 15) is 8.76 Å². The van der Waals surface area contributed by atoms with Gasteiger partial charge in [0.15, 0.2) is 0 Å². The van der Waals surface area contributed by atoms with Crippen molar-refractivity contribution in [3.63, 3.8) is 0 Å². The maximum atomic E-state index is 10.3. The molecular formula is C8H6NNaO2S. The third-order valence-corrected chi connectivity index (χ3v) is 1.94. The van der Waals surface area contributed by atoms with E-state index in [1.807, 2.05) is 6.07 Å². The minimum atomic E-state index is -2.06. The van der Waals surface area contributed by atoms with Crippen LogP contribution in [-0.4, -0.2) is 8.76 Å². The Bertz CT molecular complexity index is 331. The summed E-state index contributed by atoms with van der Waals surface area (Å²) in [6.45, 7) is 0. The van der Waals surface area contributed by atoms with Crippen molar-refractivity contribution in [3.8, 4) is 6.07 Å². The fourth-order valence-corrected chi connectivity index (χ4v) is 1.28. The van der Waals surface area contributed by atoms with Crippen LogP contribution in [0.3, 0.4) is 0 Å². The standard InChI is InChI=1S/C8H7NO2S.Na/c9-5-7-1-3-8(4-2-7)6-12(10)11;/h1-4H,6H2,(H,10,11);/q;+1/p-1. The van der Waals surface area contributed by atoms with E-state index in [2.05, 4.69) is 0 Å². The molecule has 0 aliphatic heterocycles. The maximum Gasteiger partial charge on any atom is 1.00 e. The number of hydrogen-bond acceptors (Lipinski definition) is 3. The number of nitrogens with zero attached hydrogens (tertiary/aromatic N) is 1. The van der Waals surface area contributed by atoms with E-state index in [1.54, 1.807) is 24.3 Å². The molecule has 0 spiro atoms. The maximum absolute atomic E-state index is 10.3. The molecule has 0 aromatic heterocycles.